The predicted molar refractivity (Wildman–Crippen MR) is 64.4 cm³/mol. The second-order valence-electron chi connectivity index (χ2n) is 3.90. The Morgan fingerprint density at radius 1 is 1.29 bits per heavy atom. The van der Waals surface area contributed by atoms with Gasteiger partial charge >= 0.3 is 0 Å². The van der Waals surface area contributed by atoms with Gasteiger partial charge in [0, 0.05) is 0 Å². The highest BCUT2D eigenvalue weighted by molar-refractivity contribution is 5.17. The molecule has 0 spiro atoms. The van der Waals surface area contributed by atoms with Crippen LogP contribution in [0.3, 0.4) is 0 Å². The average molecular weight is 238 g/mol. The largest absolute Gasteiger partial charge is 0.393 e. The van der Waals surface area contributed by atoms with Gasteiger partial charge in [0.15, 0.2) is 0 Å². The van der Waals surface area contributed by atoms with Gasteiger partial charge in [0.1, 0.15) is 6.10 Å². The van der Waals surface area contributed by atoms with Gasteiger partial charge in [-0.2, -0.15) is 0 Å². The van der Waals surface area contributed by atoms with E-state index in [1.807, 2.05) is 30.3 Å². The zero-order valence-electron chi connectivity index (χ0n) is 9.62. The monoisotopic (exact) mass is 238 g/mol. The van der Waals surface area contributed by atoms with Crippen LogP contribution in [0, 0.1) is 0 Å². The molecule has 0 saturated heterocycles. The third kappa shape index (κ3) is 4.28. The molecule has 2 atom stereocenters. The highest BCUT2D eigenvalue weighted by Gasteiger charge is 2.14. The van der Waals surface area contributed by atoms with Crippen LogP contribution in [0.4, 0.5) is 0 Å². The number of rotatable bonds is 7. The molecular weight excluding hydrogens is 220 g/mol. The zero-order valence-corrected chi connectivity index (χ0v) is 9.62. The Morgan fingerprint density at radius 2 is 1.94 bits per heavy atom. The van der Waals surface area contributed by atoms with Crippen LogP contribution in [0.2, 0.25) is 0 Å². The van der Waals surface area contributed by atoms with Gasteiger partial charge in [-0.3, -0.25) is 5.26 Å². The quantitative estimate of drug-likeness (QED) is 0.385. The molecule has 1 rings (SSSR count). The summed E-state index contributed by atoms with van der Waals surface area (Å²) in [5, 5.41) is 27.3. The third-order valence-electron chi connectivity index (χ3n) is 2.67. The molecule has 1 aromatic carbocycles. The van der Waals surface area contributed by atoms with E-state index in [-0.39, 0.29) is 6.61 Å². The van der Waals surface area contributed by atoms with Crippen molar-refractivity contribution < 1.29 is 20.4 Å². The predicted octanol–water partition coefficient (Wildman–Crippen LogP) is 1.91. The average Bonchev–Trinajstić information content (AvgIpc) is 2.38. The molecular formula is C13H18O4. The van der Waals surface area contributed by atoms with Gasteiger partial charge in [0.05, 0.1) is 12.7 Å². The van der Waals surface area contributed by atoms with Gasteiger partial charge in [-0.1, -0.05) is 36.9 Å². The fourth-order valence-corrected chi connectivity index (χ4v) is 1.56. The lowest BCUT2D eigenvalue weighted by atomic mass is 10.00. The molecule has 0 aliphatic carbocycles. The van der Waals surface area contributed by atoms with E-state index in [9.17, 15) is 5.11 Å². The minimum Gasteiger partial charge on any atom is -0.393 e. The molecule has 3 N–H and O–H groups in total. The second-order valence-corrected chi connectivity index (χ2v) is 3.90. The van der Waals surface area contributed by atoms with Crippen LogP contribution in [0.25, 0.3) is 0 Å². The molecule has 1 aromatic rings. The van der Waals surface area contributed by atoms with E-state index in [0.29, 0.717) is 18.4 Å². The van der Waals surface area contributed by atoms with Crippen LogP contribution >= 0.6 is 0 Å². The van der Waals surface area contributed by atoms with Gasteiger partial charge in [0.25, 0.3) is 0 Å². The first kappa shape index (κ1) is 13.9. The molecule has 0 saturated carbocycles. The molecule has 4 nitrogen and oxygen atoms in total. The normalized spacial score (nSPS) is 14.3. The summed E-state index contributed by atoms with van der Waals surface area (Å²) in [7, 11) is 0. The maximum Gasteiger partial charge on any atom is 0.136 e. The summed E-state index contributed by atoms with van der Waals surface area (Å²) in [6.07, 6.45) is -0.408. The summed E-state index contributed by atoms with van der Waals surface area (Å²) in [5.74, 6) is 0. The second kappa shape index (κ2) is 7.19. The van der Waals surface area contributed by atoms with Crippen molar-refractivity contribution in [3.63, 3.8) is 0 Å². The topological polar surface area (TPSA) is 69.9 Å². The Kier molecular flexibility index (Phi) is 5.86. The van der Waals surface area contributed by atoms with Crippen molar-refractivity contribution in [2.45, 2.75) is 25.0 Å². The summed E-state index contributed by atoms with van der Waals surface area (Å²) in [6.45, 7) is 3.38. The van der Waals surface area contributed by atoms with Crippen LogP contribution in [0.5, 0.6) is 0 Å². The van der Waals surface area contributed by atoms with E-state index < -0.39 is 12.2 Å². The number of hydrogen-bond donors (Lipinski definition) is 3. The van der Waals surface area contributed by atoms with E-state index in [0.717, 1.165) is 5.56 Å². The van der Waals surface area contributed by atoms with Crippen molar-refractivity contribution in [3.05, 3.63) is 48.0 Å². The smallest absolute Gasteiger partial charge is 0.136 e. The maximum absolute atomic E-state index is 9.89. The van der Waals surface area contributed by atoms with E-state index >= 15 is 0 Å². The first-order valence-corrected chi connectivity index (χ1v) is 5.50. The Labute approximate surface area is 101 Å². The summed E-state index contributed by atoms with van der Waals surface area (Å²) in [6, 6.07) is 9.30. The molecule has 2 unspecified atom stereocenters. The van der Waals surface area contributed by atoms with Crippen molar-refractivity contribution >= 4 is 0 Å². The molecule has 4 heteroatoms. The lowest BCUT2D eigenvalue weighted by Crippen LogP contribution is -2.18. The first-order chi connectivity index (χ1) is 8.19. The maximum atomic E-state index is 9.89. The molecule has 94 valence electrons. The van der Waals surface area contributed by atoms with Crippen molar-refractivity contribution in [2.75, 3.05) is 6.61 Å². The zero-order chi connectivity index (χ0) is 12.7. The summed E-state index contributed by atoms with van der Waals surface area (Å²) >= 11 is 0. The lowest BCUT2D eigenvalue weighted by Gasteiger charge is -2.16. The van der Waals surface area contributed by atoms with Gasteiger partial charge in [-0.15, -0.1) is 0 Å². The Hall–Kier alpha value is -1.20. The van der Waals surface area contributed by atoms with E-state index in [1.54, 1.807) is 0 Å². The van der Waals surface area contributed by atoms with E-state index in [1.165, 1.54) is 0 Å². The van der Waals surface area contributed by atoms with Gasteiger partial charge < -0.3 is 10.2 Å². The number of aliphatic hydroxyl groups is 2. The number of aliphatic hydroxyl groups excluding tert-OH is 2. The number of benzene rings is 1. The summed E-state index contributed by atoms with van der Waals surface area (Å²) < 4.78 is 0. The van der Waals surface area contributed by atoms with Gasteiger partial charge in [0.2, 0.25) is 0 Å². The highest BCUT2D eigenvalue weighted by Crippen LogP contribution is 2.21. The number of hydrogen-bond acceptors (Lipinski definition) is 4. The molecule has 17 heavy (non-hydrogen) atoms. The Bertz CT molecular complexity index is 333. The van der Waals surface area contributed by atoms with Crippen molar-refractivity contribution in [1.82, 2.24) is 0 Å². The van der Waals surface area contributed by atoms with Crippen LogP contribution in [-0.2, 0) is 4.89 Å². The summed E-state index contributed by atoms with van der Waals surface area (Å²) in [5.41, 5.74) is 1.40. The first-order valence-electron chi connectivity index (χ1n) is 5.50. The minimum absolute atomic E-state index is 0.323. The lowest BCUT2D eigenvalue weighted by molar-refractivity contribution is -0.274. The van der Waals surface area contributed by atoms with E-state index in [4.69, 9.17) is 10.4 Å². The third-order valence-corrected chi connectivity index (χ3v) is 2.67. The molecule has 0 radical (unpaired) electrons. The molecule has 0 heterocycles. The van der Waals surface area contributed by atoms with Crippen LogP contribution in [0.15, 0.2) is 42.5 Å². The fourth-order valence-electron chi connectivity index (χ4n) is 1.56. The summed E-state index contributed by atoms with van der Waals surface area (Å²) in [4.78, 5) is 4.07. The van der Waals surface area contributed by atoms with Crippen molar-refractivity contribution in [2.24, 2.45) is 0 Å². The van der Waals surface area contributed by atoms with Gasteiger partial charge in [-0.05, 0) is 24.0 Å². The molecule has 0 fully saturated rings. The standard InChI is InChI=1S/C13H18O4/c1-10(13(9-14)17-16)7-8-12(15)11-5-3-2-4-6-11/h2-6,12-16H,1,7-9H2. The van der Waals surface area contributed by atoms with Crippen molar-refractivity contribution in [3.8, 4) is 0 Å². The molecule has 0 aliphatic rings. The minimum atomic E-state index is -0.780. The SMILES string of the molecule is C=C(CCC(O)c1ccccc1)C(CO)OO. The Morgan fingerprint density at radius 3 is 2.47 bits per heavy atom. The van der Waals surface area contributed by atoms with Crippen LogP contribution < -0.4 is 0 Å². The van der Waals surface area contributed by atoms with Crippen molar-refractivity contribution in [1.29, 1.82) is 0 Å². The molecule has 0 aromatic heterocycles. The van der Waals surface area contributed by atoms with Crippen LogP contribution in [-0.4, -0.2) is 28.2 Å². The fraction of sp³-hybridized carbons (Fsp3) is 0.385. The molecule has 0 aliphatic heterocycles. The Balaban J connectivity index is 2.43. The van der Waals surface area contributed by atoms with Crippen LogP contribution in [0.1, 0.15) is 24.5 Å². The van der Waals surface area contributed by atoms with Gasteiger partial charge in [-0.25, -0.2) is 4.89 Å². The highest BCUT2D eigenvalue weighted by atomic mass is 17.1. The molecule has 0 amide bonds. The molecule has 0 bridgehead atoms. The van der Waals surface area contributed by atoms with E-state index in [2.05, 4.69) is 11.5 Å².